The molecule has 138 valence electrons. The van der Waals surface area contributed by atoms with Crippen molar-refractivity contribution in [2.45, 2.75) is 19.7 Å². The standard InChI is InChI=1S/C17H17N7O3/c1-26-13-9-18-6-3-12(13)16(25)23-7-8-24-14(10-23)21-22-15(24)11-27-17-19-4-2-5-20-17/h2-6,9H,7-8,10-11H2,1H3. The van der Waals surface area contributed by atoms with Crippen LogP contribution in [0.5, 0.6) is 11.8 Å². The number of carbonyl (C=O) groups excluding carboxylic acids is 1. The van der Waals surface area contributed by atoms with Crippen molar-refractivity contribution in [3.05, 3.63) is 54.1 Å². The van der Waals surface area contributed by atoms with Crippen LogP contribution >= 0.6 is 0 Å². The predicted molar refractivity (Wildman–Crippen MR) is 91.9 cm³/mol. The van der Waals surface area contributed by atoms with E-state index in [1.165, 1.54) is 13.3 Å². The van der Waals surface area contributed by atoms with E-state index in [9.17, 15) is 4.79 Å². The first-order valence-electron chi connectivity index (χ1n) is 8.34. The van der Waals surface area contributed by atoms with E-state index in [2.05, 4.69) is 25.1 Å². The molecule has 27 heavy (non-hydrogen) atoms. The van der Waals surface area contributed by atoms with Gasteiger partial charge in [-0.05, 0) is 12.1 Å². The van der Waals surface area contributed by atoms with Gasteiger partial charge in [-0.15, -0.1) is 10.2 Å². The molecule has 3 aromatic rings. The predicted octanol–water partition coefficient (Wildman–Crippen LogP) is 0.707. The Morgan fingerprint density at radius 1 is 1.19 bits per heavy atom. The second-order valence-corrected chi connectivity index (χ2v) is 5.81. The summed E-state index contributed by atoms with van der Waals surface area (Å²) in [6.07, 6.45) is 6.32. The van der Waals surface area contributed by atoms with Gasteiger partial charge in [-0.1, -0.05) is 0 Å². The lowest BCUT2D eigenvalue weighted by atomic mass is 10.2. The monoisotopic (exact) mass is 367 g/mol. The Hall–Kier alpha value is -3.56. The summed E-state index contributed by atoms with van der Waals surface area (Å²) in [5.41, 5.74) is 0.477. The maximum atomic E-state index is 12.8. The number of nitrogens with zero attached hydrogens (tertiary/aromatic N) is 7. The zero-order valence-electron chi connectivity index (χ0n) is 14.6. The van der Waals surface area contributed by atoms with Crippen molar-refractivity contribution in [2.24, 2.45) is 0 Å². The third-order valence-electron chi connectivity index (χ3n) is 4.22. The van der Waals surface area contributed by atoms with Crippen molar-refractivity contribution < 1.29 is 14.3 Å². The van der Waals surface area contributed by atoms with E-state index in [1.54, 1.807) is 35.6 Å². The molecule has 0 atom stereocenters. The molecule has 1 aliphatic rings. The average molecular weight is 367 g/mol. The number of rotatable bonds is 5. The molecule has 0 saturated heterocycles. The first-order chi connectivity index (χ1) is 13.3. The van der Waals surface area contributed by atoms with Gasteiger partial charge in [-0.2, -0.15) is 0 Å². The Morgan fingerprint density at radius 3 is 2.85 bits per heavy atom. The third-order valence-corrected chi connectivity index (χ3v) is 4.22. The fourth-order valence-corrected chi connectivity index (χ4v) is 2.88. The van der Waals surface area contributed by atoms with Crippen LogP contribution in [0.25, 0.3) is 0 Å². The lowest BCUT2D eigenvalue weighted by molar-refractivity contribution is 0.0701. The molecule has 0 saturated carbocycles. The van der Waals surface area contributed by atoms with Crippen LogP contribution in [-0.4, -0.2) is 54.2 Å². The van der Waals surface area contributed by atoms with E-state index in [-0.39, 0.29) is 18.5 Å². The second-order valence-electron chi connectivity index (χ2n) is 5.81. The molecule has 0 N–H and O–H groups in total. The minimum atomic E-state index is -0.126. The Labute approximate surface area is 154 Å². The molecule has 4 rings (SSSR count). The normalized spacial score (nSPS) is 13.1. The highest BCUT2D eigenvalue weighted by atomic mass is 16.5. The van der Waals surface area contributed by atoms with Crippen molar-refractivity contribution in [3.8, 4) is 11.8 Å². The van der Waals surface area contributed by atoms with E-state index in [1.807, 2.05) is 4.57 Å². The molecule has 10 nitrogen and oxygen atoms in total. The summed E-state index contributed by atoms with van der Waals surface area (Å²) in [5, 5.41) is 8.37. The Balaban J connectivity index is 1.46. The van der Waals surface area contributed by atoms with Crippen molar-refractivity contribution in [3.63, 3.8) is 0 Å². The summed E-state index contributed by atoms with van der Waals surface area (Å²) in [6, 6.07) is 3.65. The number of hydrogen-bond acceptors (Lipinski definition) is 8. The van der Waals surface area contributed by atoms with Gasteiger partial charge in [0.25, 0.3) is 5.91 Å². The van der Waals surface area contributed by atoms with Crippen LogP contribution in [0.1, 0.15) is 22.0 Å². The molecule has 0 aromatic carbocycles. The molecule has 1 aliphatic heterocycles. The van der Waals surface area contributed by atoms with Crippen LogP contribution in [0, 0.1) is 0 Å². The minimum Gasteiger partial charge on any atom is -0.494 e. The molecular weight excluding hydrogens is 350 g/mol. The van der Waals surface area contributed by atoms with Crippen molar-refractivity contribution in [1.82, 2.24) is 34.6 Å². The number of pyridine rings is 1. The maximum Gasteiger partial charge on any atom is 0.316 e. The second kappa shape index (κ2) is 7.36. The zero-order valence-corrected chi connectivity index (χ0v) is 14.6. The van der Waals surface area contributed by atoms with Crippen molar-refractivity contribution >= 4 is 5.91 Å². The van der Waals surface area contributed by atoms with Gasteiger partial charge >= 0.3 is 6.01 Å². The summed E-state index contributed by atoms with van der Waals surface area (Å²) >= 11 is 0. The SMILES string of the molecule is COc1cnccc1C(=O)N1CCn2c(COc3ncccn3)nnc2C1. The van der Waals surface area contributed by atoms with Crippen LogP contribution < -0.4 is 9.47 Å². The van der Waals surface area contributed by atoms with E-state index >= 15 is 0 Å². The summed E-state index contributed by atoms with van der Waals surface area (Å²) < 4.78 is 12.7. The van der Waals surface area contributed by atoms with E-state index in [0.717, 1.165) is 0 Å². The lowest BCUT2D eigenvalue weighted by Gasteiger charge is -2.28. The van der Waals surface area contributed by atoms with Crippen LogP contribution in [0.4, 0.5) is 0 Å². The molecule has 0 spiro atoms. The molecule has 0 fully saturated rings. The Bertz CT molecular complexity index is 945. The van der Waals surface area contributed by atoms with Gasteiger partial charge in [0.05, 0.1) is 25.4 Å². The highest BCUT2D eigenvalue weighted by Gasteiger charge is 2.27. The number of hydrogen-bond donors (Lipinski definition) is 0. The first kappa shape index (κ1) is 16.9. The molecule has 0 radical (unpaired) electrons. The lowest BCUT2D eigenvalue weighted by Crippen LogP contribution is -2.39. The number of aromatic nitrogens is 6. The largest absolute Gasteiger partial charge is 0.494 e. The van der Waals surface area contributed by atoms with Gasteiger partial charge < -0.3 is 18.9 Å². The molecular formula is C17H17N7O3. The van der Waals surface area contributed by atoms with Gasteiger partial charge in [0.1, 0.15) is 5.75 Å². The molecule has 4 heterocycles. The van der Waals surface area contributed by atoms with Crippen molar-refractivity contribution in [1.29, 1.82) is 0 Å². The minimum absolute atomic E-state index is 0.126. The number of methoxy groups -OCH3 is 1. The number of amides is 1. The topological polar surface area (TPSA) is 108 Å². The Kier molecular flexibility index (Phi) is 4.60. The summed E-state index contributed by atoms with van der Waals surface area (Å²) in [7, 11) is 1.52. The van der Waals surface area contributed by atoms with Crippen LogP contribution in [0.3, 0.4) is 0 Å². The van der Waals surface area contributed by atoms with Crippen LogP contribution in [0.2, 0.25) is 0 Å². The number of carbonyl (C=O) groups is 1. The Morgan fingerprint density at radius 2 is 2.04 bits per heavy atom. The third kappa shape index (κ3) is 3.41. The molecule has 0 bridgehead atoms. The van der Waals surface area contributed by atoms with Gasteiger partial charge in [0.2, 0.25) is 0 Å². The van der Waals surface area contributed by atoms with Gasteiger partial charge in [0, 0.05) is 31.7 Å². The summed E-state index contributed by atoms with van der Waals surface area (Å²) in [6.45, 7) is 1.68. The van der Waals surface area contributed by atoms with E-state index in [0.29, 0.717) is 42.6 Å². The summed E-state index contributed by atoms with van der Waals surface area (Å²) in [4.78, 5) is 26.6. The molecule has 1 amide bonds. The zero-order chi connectivity index (χ0) is 18.6. The van der Waals surface area contributed by atoms with Gasteiger partial charge in [-0.25, -0.2) is 9.97 Å². The fourth-order valence-electron chi connectivity index (χ4n) is 2.88. The average Bonchev–Trinajstić information content (AvgIpc) is 3.14. The molecule has 0 unspecified atom stereocenters. The smallest absolute Gasteiger partial charge is 0.316 e. The van der Waals surface area contributed by atoms with Gasteiger partial charge in [0.15, 0.2) is 18.3 Å². The maximum absolute atomic E-state index is 12.8. The summed E-state index contributed by atoms with van der Waals surface area (Å²) in [5.74, 6) is 1.70. The molecule has 3 aromatic heterocycles. The first-order valence-corrected chi connectivity index (χ1v) is 8.34. The number of fused-ring (bicyclic) bond motifs is 1. The molecule has 0 aliphatic carbocycles. The quantitative estimate of drug-likeness (QED) is 0.649. The highest BCUT2D eigenvalue weighted by Crippen LogP contribution is 2.21. The van der Waals surface area contributed by atoms with Crippen LogP contribution in [0.15, 0.2) is 36.9 Å². The van der Waals surface area contributed by atoms with E-state index < -0.39 is 0 Å². The number of ether oxygens (including phenoxy) is 2. The van der Waals surface area contributed by atoms with Gasteiger partial charge in [-0.3, -0.25) is 9.78 Å². The fraction of sp³-hybridized carbons (Fsp3) is 0.294. The van der Waals surface area contributed by atoms with E-state index in [4.69, 9.17) is 9.47 Å². The molecule has 10 heteroatoms. The van der Waals surface area contributed by atoms with Crippen LogP contribution in [-0.2, 0) is 19.7 Å². The van der Waals surface area contributed by atoms with Crippen molar-refractivity contribution in [2.75, 3.05) is 13.7 Å². The highest BCUT2D eigenvalue weighted by molar-refractivity contribution is 5.96.